The van der Waals surface area contributed by atoms with Crippen LogP contribution >= 0.6 is 0 Å². The van der Waals surface area contributed by atoms with E-state index >= 15 is 0 Å². The summed E-state index contributed by atoms with van der Waals surface area (Å²) in [4.78, 5) is 17.5. The molecule has 5 fully saturated rings. The first kappa shape index (κ1) is 16.8. The normalized spacial score (nSPS) is 36.9. The van der Waals surface area contributed by atoms with Crippen LogP contribution in [0.15, 0.2) is 30.3 Å². The van der Waals surface area contributed by atoms with Gasteiger partial charge >= 0.3 is 0 Å². The Hall–Kier alpha value is -1.35. The van der Waals surface area contributed by atoms with Gasteiger partial charge in [-0.1, -0.05) is 43.2 Å². The predicted molar refractivity (Wildman–Crippen MR) is 103 cm³/mol. The van der Waals surface area contributed by atoms with E-state index in [4.69, 9.17) is 0 Å². The number of nitrogens with one attached hydrogen (secondary N) is 1. The summed E-state index contributed by atoms with van der Waals surface area (Å²) in [6.45, 7) is 5.23. The highest BCUT2D eigenvalue weighted by Crippen LogP contribution is 2.58. The van der Waals surface area contributed by atoms with E-state index in [1.165, 1.54) is 50.5 Å². The summed E-state index contributed by atoms with van der Waals surface area (Å²) >= 11 is 0. The van der Waals surface area contributed by atoms with Crippen LogP contribution in [0, 0.1) is 23.2 Å². The molecule has 5 aliphatic rings. The molecule has 1 aromatic carbocycles. The van der Waals surface area contributed by atoms with Gasteiger partial charge in [0, 0.05) is 5.56 Å². The first-order valence-electron chi connectivity index (χ1n) is 10.9. The monoisotopic (exact) mass is 353 g/mol. The predicted octanol–water partition coefficient (Wildman–Crippen LogP) is 2.52. The van der Waals surface area contributed by atoms with Crippen LogP contribution in [0.25, 0.3) is 0 Å². The van der Waals surface area contributed by atoms with E-state index in [9.17, 15) is 4.79 Å². The van der Waals surface area contributed by atoms with Crippen molar-refractivity contribution in [2.24, 2.45) is 23.2 Å². The fourth-order valence-electron chi connectivity index (χ4n) is 6.88. The fourth-order valence-corrected chi connectivity index (χ4v) is 6.88. The molecule has 4 bridgehead atoms. The number of hydrogen-bond donors (Lipinski definition) is 1. The van der Waals surface area contributed by atoms with E-state index in [2.05, 4.69) is 35.2 Å². The number of hydrogen-bond acceptors (Lipinski definition) is 1. The van der Waals surface area contributed by atoms with Gasteiger partial charge in [0.25, 0.3) is 0 Å². The molecule has 140 valence electrons. The van der Waals surface area contributed by atoms with Gasteiger partial charge < -0.3 is 9.80 Å². The van der Waals surface area contributed by atoms with Crippen LogP contribution in [0.3, 0.4) is 0 Å². The van der Waals surface area contributed by atoms with Crippen molar-refractivity contribution in [2.75, 3.05) is 26.2 Å². The van der Waals surface area contributed by atoms with Crippen molar-refractivity contribution in [1.29, 1.82) is 0 Å². The van der Waals surface area contributed by atoms with Crippen molar-refractivity contribution in [3.63, 3.8) is 0 Å². The SMILES string of the molecule is O=C(N1CC[NH+](Cc2ccccc2)CC1)C12CC3C[C@@H](CC[C@@H](C3)C1)C2. The van der Waals surface area contributed by atoms with Crippen molar-refractivity contribution in [3.8, 4) is 0 Å². The number of benzene rings is 1. The molecule has 3 nitrogen and oxygen atoms in total. The minimum Gasteiger partial charge on any atom is -0.331 e. The lowest BCUT2D eigenvalue weighted by molar-refractivity contribution is -0.917. The van der Waals surface area contributed by atoms with Crippen molar-refractivity contribution >= 4 is 5.91 Å². The third-order valence-corrected chi connectivity index (χ3v) is 7.86. The van der Waals surface area contributed by atoms with Gasteiger partial charge in [-0.15, -0.1) is 0 Å². The maximum atomic E-state index is 13.6. The molecule has 1 N–H and O–H groups in total. The van der Waals surface area contributed by atoms with Crippen LogP contribution in [0.4, 0.5) is 0 Å². The first-order valence-corrected chi connectivity index (χ1v) is 10.9. The molecular formula is C23H33N2O+. The molecule has 26 heavy (non-hydrogen) atoms. The van der Waals surface area contributed by atoms with Crippen LogP contribution < -0.4 is 4.90 Å². The third-order valence-electron chi connectivity index (χ3n) is 7.86. The van der Waals surface area contributed by atoms with Crippen LogP contribution in [-0.4, -0.2) is 37.0 Å². The van der Waals surface area contributed by atoms with E-state index in [-0.39, 0.29) is 5.41 Å². The Bertz CT molecular complexity index is 633. The van der Waals surface area contributed by atoms with Gasteiger partial charge in [0.05, 0.1) is 31.6 Å². The number of carbonyl (C=O) groups is 1. The molecule has 3 heteroatoms. The summed E-state index contributed by atoms with van der Waals surface area (Å²) in [6.07, 6.45) is 9.24. The van der Waals surface area contributed by atoms with Crippen LogP contribution in [0.2, 0.25) is 0 Å². The quantitative estimate of drug-likeness (QED) is 0.887. The number of fused-ring (bicyclic) bond motifs is 1. The summed E-state index contributed by atoms with van der Waals surface area (Å²) < 4.78 is 0. The zero-order valence-electron chi connectivity index (χ0n) is 16.0. The number of amides is 1. The molecule has 1 heterocycles. The molecule has 4 aliphatic carbocycles. The van der Waals surface area contributed by atoms with Crippen molar-refractivity contribution in [3.05, 3.63) is 35.9 Å². The Kier molecular flexibility index (Phi) is 4.31. The average molecular weight is 354 g/mol. The Labute approximate surface area is 157 Å². The second-order valence-corrected chi connectivity index (χ2v) is 9.74. The molecule has 0 radical (unpaired) electrons. The van der Waals surface area contributed by atoms with E-state index in [1.807, 2.05) is 0 Å². The zero-order chi connectivity index (χ0) is 17.6. The summed E-state index contributed by atoms with van der Waals surface area (Å²) in [5.41, 5.74) is 1.45. The number of quaternary nitrogens is 1. The van der Waals surface area contributed by atoms with Gasteiger partial charge in [-0.2, -0.15) is 0 Å². The lowest BCUT2D eigenvalue weighted by Crippen LogP contribution is -3.13. The maximum Gasteiger partial charge on any atom is 0.229 e. The van der Waals surface area contributed by atoms with Crippen molar-refractivity contribution in [2.45, 2.75) is 51.5 Å². The molecule has 1 saturated heterocycles. The standard InChI is InChI=1S/C23H32N2O/c26-22(23-14-19-6-7-20(15-23)13-21(12-19)16-23)25-10-8-24(9-11-25)17-18-4-2-1-3-5-18/h1-5,19-21H,6-17H2/p+1/t19-,20+,21?,23?. The number of nitrogens with zero attached hydrogens (tertiary/aromatic N) is 1. The summed E-state index contributed by atoms with van der Waals surface area (Å²) in [7, 11) is 0. The van der Waals surface area contributed by atoms with Crippen LogP contribution in [0.1, 0.15) is 50.5 Å². The number of piperazine rings is 1. The molecule has 2 unspecified atom stereocenters. The van der Waals surface area contributed by atoms with Crippen LogP contribution in [0.5, 0.6) is 0 Å². The molecule has 1 aliphatic heterocycles. The van der Waals surface area contributed by atoms with E-state index in [0.717, 1.165) is 50.5 Å². The zero-order valence-corrected chi connectivity index (χ0v) is 16.0. The second kappa shape index (κ2) is 6.67. The largest absolute Gasteiger partial charge is 0.331 e. The van der Waals surface area contributed by atoms with Crippen molar-refractivity contribution in [1.82, 2.24) is 4.90 Å². The Balaban J connectivity index is 1.23. The van der Waals surface area contributed by atoms with E-state index in [1.54, 1.807) is 4.90 Å². The molecular weight excluding hydrogens is 320 g/mol. The van der Waals surface area contributed by atoms with E-state index in [0.29, 0.717) is 5.91 Å². The van der Waals surface area contributed by atoms with Gasteiger partial charge in [0.15, 0.2) is 0 Å². The minimum absolute atomic E-state index is 0.0317. The topological polar surface area (TPSA) is 24.8 Å². The fraction of sp³-hybridized carbons (Fsp3) is 0.696. The van der Waals surface area contributed by atoms with Gasteiger partial charge in [-0.05, 0) is 49.9 Å². The molecule has 4 saturated carbocycles. The van der Waals surface area contributed by atoms with Crippen molar-refractivity contribution < 1.29 is 9.69 Å². The number of carbonyl (C=O) groups excluding carboxylic acids is 1. The van der Waals surface area contributed by atoms with Crippen LogP contribution in [-0.2, 0) is 11.3 Å². The Morgan fingerprint density at radius 1 is 0.962 bits per heavy atom. The molecule has 4 atom stereocenters. The number of rotatable bonds is 3. The highest BCUT2D eigenvalue weighted by Gasteiger charge is 2.53. The second-order valence-electron chi connectivity index (χ2n) is 9.74. The summed E-state index contributed by atoms with van der Waals surface area (Å²) in [6, 6.07) is 10.8. The average Bonchev–Trinajstić information content (AvgIpc) is 2.88. The minimum atomic E-state index is 0.0317. The van der Waals surface area contributed by atoms with Gasteiger partial charge in [-0.3, -0.25) is 4.79 Å². The Morgan fingerprint density at radius 3 is 2.23 bits per heavy atom. The third kappa shape index (κ3) is 3.09. The van der Waals surface area contributed by atoms with Gasteiger partial charge in [-0.25, -0.2) is 0 Å². The molecule has 1 amide bonds. The van der Waals surface area contributed by atoms with Gasteiger partial charge in [0.1, 0.15) is 6.54 Å². The van der Waals surface area contributed by atoms with E-state index < -0.39 is 0 Å². The highest BCUT2D eigenvalue weighted by atomic mass is 16.2. The first-order chi connectivity index (χ1) is 12.7. The molecule has 6 rings (SSSR count). The maximum absolute atomic E-state index is 13.6. The lowest BCUT2D eigenvalue weighted by Gasteiger charge is -2.49. The lowest BCUT2D eigenvalue weighted by atomic mass is 9.58. The Morgan fingerprint density at radius 2 is 1.58 bits per heavy atom. The highest BCUT2D eigenvalue weighted by molar-refractivity contribution is 5.83. The summed E-state index contributed by atoms with van der Waals surface area (Å²) in [5, 5.41) is 0. The summed E-state index contributed by atoms with van der Waals surface area (Å²) in [5.74, 6) is 3.08. The molecule has 0 spiro atoms. The molecule has 0 aromatic heterocycles. The van der Waals surface area contributed by atoms with Gasteiger partial charge in [0.2, 0.25) is 5.91 Å². The molecule has 1 aromatic rings. The smallest absolute Gasteiger partial charge is 0.229 e.